The number of hydrogen-bond donors (Lipinski definition) is 1. The summed E-state index contributed by atoms with van der Waals surface area (Å²) < 4.78 is 0. The van der Waals surface area contributed by atoms with Crippen molar-refractivity contribution in [2.75, 3.05) is 0 Å². The van der Waals surface area contributed by atoms with Crippen LogP contribution in [0.3, 0.4) is 0 Å². The quantitative estimate of drug-likeness (QED) is 0.633. The van der Waals surface area contributed by atoms with Crippen LogP contribution in [0.4, 0.5) is 0 Å². The Hall–Kier alpha value is -0.840. The molecule has 0 aromatic rings. The minimum Gasteiger partial charge on any atom is -0.370 e. The van der Waals surface area contributed by atoms with E-state index in [2.05, 4.69) is 4.99 Å². The van der Waals surface area contributed by atoms with Gasteiger partial charge in [-0.25, -0.2) is 0 Å². The summed E-state index contributed by atoms with van der Waals surface area (Å²) in [5.74, 6) is -0.484. The molecule has 0 aliphatic carbocycles. The maximum absolute atomic E-state index is 11.0. The summed E-state index contributed by atoms with van der Waals surface area (Å²) in [5, 5.41) is 0.627. The molecule has 1 atom stereocenters. The molecule has 0 aromatic heterocycles. The SMILES string of the molecule is CC1=N[C@@H](CC(N)=O)C(=O)S1. The summed E-state index contributed by atoms with van der Waals surface area (Å²) in [5.41, 5.74) is 4.91. The molecule has 0 fully saturated rings. The number of hydrogen-bond acceptors (Lipinski definition) is 4. The normalized spacial score (nSPS) is 23.5. The van der Waals surface area contributed by atoms with E-state index in [1.807, 2.05) is 0 Å². The second kappa shape index (κ2) is 3.04. The summed E-state index contributed by atoms with van der Waals surface area (Å²) in [6.45, 7) is 1.74. The van der Waals surface area contributed by atoms with Gasteiger partial charge in [-0.2, -0.15) is 0 Å². The van der Waals surface area contributed by atoms with Crippen molar-refractivity contribution < 1.29 is 9.59 Å². The van der Waals surface area contributed by atoms with E-state index >= 15 is 0 Å². The Morgan fingerprint density at radius 1 is 1.82 bits per heavy atom. The molecule has 1 aliphatic heterocycles. The van der Waals surface area contributed by atoms with Crippen LogP contribution in [0.2, 0.25) is 0 Å². The number of rotatable bonds is 2. The van der Waals surface area contributed by atoms with Gasteiger partial charge in [-0.05, 0) is 18.7 Å². The fraction of sp³-hybridized carbons (Fsp3) is 0.500. The summed E-state index contributed by atoms with van der Waals surface area (Å²) in [6, 6.07) is -0.530. The third-order valence-electron chi connectivity index (χ3n) is 1.25. The lowest BCUT2D eigenvalue weighted by Crippen LogP contribution is -2.21. The van der Waals surface area contributed by atoms with Crippen molar-refractivity contribution in [3.63, 3.8) is 0 Å². The largest absolute Gasteiger partial charge is 0.370 e. The summed E-state index contributed by atoms with van der Waals surface area (Å²) >= 11 is 1.07. The number of thioether (sulfide) groups is 1. The van der Waals surface area contributed by atoms with Gasteiger partial charge in [0, 0.05) is 0 Å². The molecule has 0 unspecified atom stereocenters. The number of nitrogens with two attached hydrogens (primary N) is 1. The second-order valence-electron chi connectivity index (χ2n) is 2.26. The van der Waals surface area contributed by atoms with Gasteiger partial charge in [-0.3, -0.25) is 14.6 Å². The van der Waals surface area contributed by atoms with E-state index in [-0.39, 0.29) is 11.5 Å². The Kier molecular flexibility index (Phi) is 2.28. The predicted octanol–water partition coefficient (Wildman–Crippen LogP) is -0.0778. The third kappa shape index (κ3) is 2.04. The molecule has 0 aromatic carbocycles. The van der Waals surface area contributed by atoms with E-state index in [9.17, 15) is 9.59 Å². The first kappa shape index (κ1) is 8.26. The van der Waals surface area contributed by atoms with E-state index in [1.54, 1.807) is 6.92 Å². The molecule has 0 radical (unpaired) electrons. The molecule has 1 heterocycles. The highest BCUT2D eigenvalue weighted by atomic mass is 32.2. The second-order valence-corrected chi connectivity index (χ2v) is 3.45. The average molecular weight is 172 g/mol. The lowest BCUT2D eigenvalue weighted by molar-refractivity contribution is -0.121. The molecule has 1 rings (SSSR count). The fourth-order valence-corrected chi connectivity index (χ4v) is 1.57. The average Bonchev–Trinajstić information content (AvgIpc) is 2.09. The fourth-order valence-electron chi connectivity index (χ4n) is 0.832. The van der Waals surface area contributed by atoms with Crippen molar-refractivity contribution in [1.82, 2.24) is 0 Å². The first-order chi connectivity index (χ1) is 5.09. The highest BCUT2D eigenvalue weighted by Crippen LogP contribution is 2.21. The molecular weight excluding hydrogens is 164 g/mol. The van der Waals surface area contributed by atoms with Crippen LogP contribution in [-0.2, 0) is 9.59 Å². The Labute approximate surface area is 68.2 Å². The molecular formula is C6H8N2O2S. The molecule has 0 saturated carbocycles. The maximum Gasteiger partial charge on any atom is 0.220 e. The predicted molar refractivity (Wildman–Crippen MR) is 43.3 cm³/mol. The Morgan fingerprint density at radius 3 is 2.82 bits per heavy atom. The zero-order chi connectivity index (χ0) is 8.43. The zero-order valence-corrected chi connectivity index (χ0v) is 6.85. The molecule has 0 bridgehead atoms. The van der Waals surface area contributed by atoms with Gasteiger partial charge in [0.25, 0.3) is 0 Å². The number of amides is 1. The highest BCUT2D eigenvalue weighted by Gasteiger charge is 2.26. The van der Waals surface area contributed by atoms with Crippen LogP contribution in [0.15, 0.2) is 4.99 Å². The van der Waals surface area contributed by atoms with E-state index in [1.165, 1.54) is 0 Å². The van der Waals surface area contributed by atoms with Crippen LogP contribution in [0.5, 0.6) is 0 Å². The molecule has 60 valence electrons. The molecule has 4 nitrogen and oxygen atoms in total. The minimum absolute atomic E-state index is 0.0309. The van der Waals surface area contributed by atoms with E-state index in [4.69, 9.17) is 5.73 Å². The van der Waals surface area contributed by atoms with E-state index < -0.39 is 11.9 Å². The number of carbonyl (C=O) groups excluding carboxylic acids is 2. The van der Waals surface area contributed by atoms with Crippen molar-refractivity contribution in [3.8, 4) is 0 Å². The number of aliphatic imine (C=N–C) groups is 1. The minimum atomic E-state index is -0.530. The van der Waals surface area contributed by atoms with Crippen molar-refractivity contribution in [2.24, 2.45) is 10.7 Å². The lowest BCUT2D eigenvalue weighted by Gasteiger charge is -1.98. The molecule has 11 heavy (non-hydrogen) atoms. The third-order valence-corrected chi connectivity index (χ3v) is 2.13. The van der Waals surface area contributed by atoms with Crippen LogP contribution in [-0.4, -0.2) is 22.1 Å². The Bertz CT molecular complexity index is 237. The molecule has 5 heteroatoms. The van der Waals surface area contributed by atoms with Crippen LogP contribution in [0.25, 0.3) is 0 Å². The van der Waals surface area contributed by atoms with Gasteiger partial charge < -0.3 is 5.73 Å². The van der Waals surface area contributed by atoms with E-state index in [0.29, 0.717) is 5.04 Å². The van der Waals surface area contributed by atoms with Crippen molar-refractivity contribution in [1.29, 1.82) is 0 Å². The van der Waals surface area contributed by atoms with Gasteiger partial charge in [0.1, 0.15) is 6.04 Å². The Morgan fingerprint density at radius 2 is 2.45 bits per heavy atom. The number of nitrogens with zero attached hydrogens (tertiary/aromatic N) is 1. The lowest BCUT2D eigenvalue weighted by atomic mass is 10.2. The summed E-state index contributed by atoms with van der Waals surface area (Å²) in [6.07, 6.45) is 0.0309. The number of primary amides is 1. The molecule has 2 N–H and O–H groups in total. The van der Waals surface area contributed by atoms with Crippen molar-refractivity contribution in [3.05, 3.63) is 0 Å². The maximum atomic E-state index is 11.0. The Balaban J connectivity index is 2.59. The standard InChI is InChI=1S/C6H8N2O2S/c1-3-8-4(2-5(7)9)6(10)11-3/h4H,2H2,1H3,(H2,7,9)/t4-/m0/s1. The molecule has 0 saturated heterocycles. The molecule has 1 amide bonds. The van der Waals surface area contributed by atoms with Crippen molar-refractivity contribution >= 4 is 27.8 Å². The van der Waals surface area contributed by atoms with Gasteiger partial charge >= 0.3 is 0 Å². The molecule has 1 aliphatic rings. The highest BCUT2D eigenvalue weighted by molar-refractivity contribution is 8.26. The smallest absolute Gasteiger partial charge is 0.220 e. The first-order valence-corrected chi connectivity index (χ1v) is 3.95. The van der Waals surface area contributed by atoms with Crippen LogP contribution < -0.4 is 5.73 Å². The van der Waals surface area contributed by atoms with Crippen LogP contribution in [0.1, 0.15) is 13.3 Å². The summed E-state index contributed by atoms with van der Waals surface area (Å²) in [7, 11) is 0. The van der Waals surface area contributed by atoms with Crippen LogP contribution >= 0.6 is 11.8 Å². The van der Waals surface area contributed by atoms with Gasteiger partial charge in [-0.1, -0.05) is 0 Å². The van der Waals surface area contributed by atoms with Gasteiger partial charge in [0.2, 0.25) is 11.0 Å². The van der Waals surface area contributed by atoms with Crippen LogP contribution in [0, 0.1) is 0 Å². The van der Waals surface area contributed by atoms with Gasteiger partial charge in [0.15, 0.2) is 0 Å². The molecule has 0 spiro atoms. The first-order valence-electron chi connectivity index (χ1n) is 3.14. The number of carbonyl (C=O) groups is 2. The summed E-state index contributed by atoms with van der Waals surface area (Å²) in [4.78, 5) is 25.3. The zero-order valence-electron chi connectivity index (χ0n) is 6.03. The topological polar surface area (TPSA) is 72.5 Å². The van der Waals surface area contributed by atoms with Gasteiger partial charge in [-0.15, -0.1) is 0 Å². The van der Waals surface area contributed by atoms with Gasteiger partial charge in [0.05, 0.1) is 11.5 Å². The monoisotopic (exact) mass is 172 g/mol. The van der Waals surface area contributed by atoms with Crippen molar-refractivity contribution in [2.45, 2.75) is 19.4 Å². The van der Waals surface area contributed by atoms with E-state index in [0.717, 1.165) is 11.8 Å².